The van der Waals surface area contributed by atoms with E-state index in [9.17, 15) is 9.50 Å². The molecule has 0 amide bonds. The molecule has 0 saturated carbocycles. The molecule has 2 N–H and O–H groups in total. The first kappa shape index (κ1) is 14.6. The van der Waals surface area contributed by atoms with Crippen molar-refractivity contribution in [3.05, 3.63) is 65.7 Å². The summed E-state index contributed by atoms with van der Waals surface area (Å²) in [5.74, 6) is 0.607. The zero-order valence-corrected chi connectivity index (χ0v) is 13.2. The smallest absolute Gasteiger partial charge is 0.236 e. The molecule has 0 spiro atoms. The van der Waals surface area contributed by atoms with Gasteiger partial charge in [0.05, 0.1) is 0 Å². The van der Waals surface area contributed by atoms with E-state index >= 15 is 0 Å². The third-order valence-corrected chi connectivity index (χ3v) is 4.24. The number of phenols is 1. The van der Waals surface area contributed by atoms with Gasteiger partial charge in [-0.3, -0.25) is 0 Å². The number of aromatic hydroxyl groups is 1. The summed E-state index contributed by atoms with van der Waals surface area (Å²) >= 11 is 1.34. The Hall–Kier alpha value is -3.00. The minimum Gasteiger partial charge on any atom is -0.508 e. The van der Waals surface area contributed by atoms with Crippen molar-refractivity contribution in [1.82, 2.24) is 19.8 Å². The highest BCUT2D eigenvalue weighted by molar-refractivity contribution is 7.20. The van der Waals surface area contributed by atoms with E-state index in [4.69, 9.17) is 0 Å². The molecule has 2 aromatic carbocycles. The third kappa shape index (κ3) is 2.91. The highest BCUT2D eigenvalue weighted by Crippen LogP contribution is 2.24. The Balaban J connectivity index is 1.60. The standard InChI is InChI=1S/C16H12FN5OS/c17-11-2-1-3-12(9-11)18-15-21-22-14(19-20-16(22)24-15)8-10-4-6-13(23)7-5-10/h1-7,9,23H,8H2,(H,18,21). The van der Waals surface area contributed by atoms with Crippen molar-refractivity contribution >= 4 is 27.1 Å². The highest BCUT2D eigenvalue weighted by Gasteiger charge is 2.12. The maximum Gasteiger partial charge on any atom is 0.236 e. The maximum atomic E-state index is 13.2. The fraction of sp³-hybridized carbons (Fsp3) is 0.0625. The molecule has 4 aromatic rings. The summed E-state index contributed by atoms with van der Waals surface area (Å²) in [6.07, 6.45) is 0.546. The van der Waals surface area contributed by atoms with Crippen LogP contribution in [-0.2, 0) is 6.42 Å². The van der Waals surface area contributed by atoms with Gasteiger partial charge in [0.2, 0.25) is 10.1 Å². The molecule has 120 valence electrons. The topological polar surface area (TPSA) is 75.3 Å². The van der Waals surface area contributed by atoms with E-state index in [0.29, 0.717) is 28.0 Å². The summed E-state index contributed by atoms with van der Waals surface area (Å²) < 4.78 is 14.9. The summed E-state index contributed by atoms with van der Waals surface area (Å²) in [7, 11) is 0. The van der Waals surface area contributed by atoms with Gasteiger partial charge in [-0.2, -0.15) is 4.52 Å². The van der Waals surface area contributed by atoms with Crippen molar-refractivity contribution in [1.29, 1.82) is 0 Å². The van der Waals surface area contributed by atoms with Crippen LogP contribution in [0.4, 0.5) is 15.2 Å². The van der Waals surface area contributed by atoms with Crippen LogP contribution in [0.2, 0.25) is 0 Å². The van der Waals surface area contributed by atoms with Crippen molar-refractivity contribution in [3.63, 3.8) is 0 Å². The number of nitrogens with zero attached hydrogens (tertiary/aromatic N) is 4. The highest BCUT2D eigenvalue weighted by atomic mass is 32.1. The van der Waals surface area contributed by atoms with Gasteiger partial charge in [0, 0.05) is 12.1 Å². The monoisotopic (exact) mass is 341 g/mol. The van der Waals surface area contributed by atoms with Crippen molar-refractivity contribution in [2.24, 2.45) is 0 Å². The minimum absolute atomic E-state index is 0.223. The molecule has 0 radical (unpaired) electrons. The number of phenolic OH excluding ortho intramolecular Hbond substituents is 1. The molecule has 0 unspecified atom stereocenters. The normalized spacial score (nSPS) is 11.0. The van der Waals surface area contributed by atoms with E-state index in [1.54, 1.807) is 28.8 Å². The van der Waals surface area contributed by atoms with Crippen molar-refractivity contribution < 1.29 is 9.50 Å². The van der Waals surface area contributed by atoms with Gasteiger partial charge < -0.3 is 10.4 Å². The summed E-state index contributed by atoms with van der Waals surface area (Å²) in [5.41, 5.74) is 1.62. The predicted octanol–water partition coefficient (Wildman–Crippen LogP) is 3.36. The van der Waals surface area contributed by atoms with Crippen LogP contribution in [0.15, 0.2) is 48.5 Å². The van der Waals surface area contributed by atoms with E-state index in [2.05, 4.69) is 20.6 Å². The molecule has 2 aromatic heterocycles. The Morgan fingerprint density at radius 3 is 2.75 bits per heavy atom. The largest absolute Gasteiger partial charge is 0.508 e. The number of halogens is 1. The lowest BCUT2D eigenvalue weighted by molar-refractivity contribution is 0.475. The molecule has 0 atom stereocenters. The van der Waals surface area contributed by atoms with Crippen LogP contribution in [0.3, 0.4) is 0 Å². The molecule has 0 aliphatic carbocycles. The lowest BCUT2D eigenvalue weighted by Crippen LogP contribution is -1.98. The Morgan fingerprint density at radius 1 is 1.12 bits per heavy atom. The van der Waals surface area contributed by atoms with Crippen LogP contribution < -0.4 is 5.32 Å². The number of benzene rings is 2. The molecule has 2 heterocycles. The first-order valence-corrected chi connectivity index (χ1v) is 8.01. The Bertz CT molecular complexity index is 995. The molecule has 0 saturated heterocycles. The second-order valence-electron chi connectivity index (χ2n) is 5.20. The van der Waals surface area contributed by atoms with Crippen molar-refractivity contribution in [3.8, 4) is 5.75 Å². The fourth-order valence-corrected chi connectivity index (χ4v) is 3.08. The van der Waals surface area contributed by atoms with Crippen LogP contribution in [0.5, 0.6) is 5.75 Å². The van der Waals surface area contributed by atoms with Crippen LogP contribution in [-0.4, -0.2) is 24.9 Å². The van der Waals surface area contributed by atoms with Gasteiger partial charge in [-0.05, 0) is 35.9 Å². The van der Waals surface area contributed by atoms with E-state index in [-0.39, 0.29) is 11.6 Å². The molecule has 0 bridgehead atoms. The van der Waals surface area contributed by atoms with Gasteiger partial charge in [0.15, 0.2) is 5.82 Å². The summed E-state index contributed by atoms with van der Waals surface area (Å²) in [4.78, 5) is 0.655. The number of nitrogens with one attached hydrogen (secondary N) is 1. The quantitative estimate of drug-likeness (QED) is 0.595. The summed E-state index contributed by atoms with van der Waals surface area (Å²) in [6, 6.07) is 13.1. The fourth-order valence-electron chi connectivity index (χ4n) is 2.30. The second-order valence-corrected chi connectivity index (χ2v) is 6.15. The Labute approximate surface area is 140 Å². The minimum atomic E-state index is -0.309. The lowest BCUT2D eigenvalue weighted by atomic mass is 10.1. The van der Waals surface area contributed by atoms with Gasteiger partial charge in [0.1, 0.15) is 11.6 Å². The third-order valence-electron chi connectivity index (χ3n) is 3.43. The van der Waals surface area contributed by atoms with Gasteiger partial charge >= 0.3 is 0 Å². The molecular formula is C16H12FN5OS. The molecule has 6 nitrogen and oxygen atoms in total. The Morgan fingerprint density at radius 2 is 1.96 bits per heavy atom. The number of rotatable bonds is 4. The van der Waals surface area contributed by atoms with E-state index in [0.717, 1.165) is 5.56 Å². The van der Waals surface area contributed by atoms with Gasteiger partial charge in [0.25, 0.3) is 0 Å². The van der Waals surface area contributed by atoms with Crippen LogP contribution in [0, 0.1) is 5.82 Å². The lowest BCUT2D eigenvalue weighted by Gasteiger charge is -2.01. The van der Waals surface area contributed by atoms with E-state index in [1.165, 1.54) is 23.5 Å². The maximum absolute atomic E-state index is 13.2. The average molecular weight is 341 g/mol. The first-order chi connectivity index (χ1) is 11.7. The number of hydrogen-bond acceptors (Lipinski definition) is 6. The molecule has 0 aliphatic rings. The molecule has 0 aliphatic heterocycles. The van der Waals surface area contributed by atoms with Gasteiger partial charge in [-0.1, -0.05) is 29.5 Å². The number of hydrogen-bond donors (Lipinski definition) is 2. The van der Waals surface area contributed by atoms with Gasteiger partial charge in [-0.25, -0.2) is 4.39 Å². The van der Waals surface area contributed by atoms with E-state index < -0.39 is 0 Å². The van der Waals surface area contributed by atoms with Crippen molar-refractivity contribution in [2.75, 3.05) is 5.32 Å². The second kappa shape index (κ2) is 5.89. The van der Waals surface area contributed by atoms with Crippen LogP contribution in [0.1, 0.15) is 11.4 Å². The Kier molecular flexibility index (Phi) is 3.58. The predicted molar refractivity (Wildman–Crippen MR) is 89.3 cm³/mol. The summed E-state index contributed by atoms with van der Waals surface area (Å²) in [6.45, 7) is 0. The van der Waals surface area contributed by atoms with Crippen LogP contribution in [0.25, 0.3) is 4.96 Å². The summed E-state index contributed by atoms with van der Waals surface area (Å²) in [5, 5.41) is 25.7. The van der Waals surface area contributed by atoms with Crippen LogP contribution >= 0.6 is 11.3 Å². The van der Waals surface area contributed by atoms with E-state index in [1.807, 2.05) is 12.1 Å². The zero-order valence-electron chi connectivity index (χ0n) is 12.3. The number of fused-ring (bicyclic) bond motifs is 1. The number of anilines is 2. The molecule has 4 rings (SSSR count). The zero-order chi connectivity index (χ0) is 16.5. The molecule has 0 fully saturated rings. The molecule has 8 heteroatoms. The number of aromatic nitrogens is 4. The molecule has 24 heavy (non-hydrogen) atoms. The van der Waals surface area contributed by atoms with Crippen molar-refractivity contribution in [2.45, 2.75) is 6.42 Å². The SMILES string of the molecule is Oc1ccc(Cc2nnc3sc(Nc4cccc(F)c4)nn23)cc1. The average Bonchev–Trinajstić information content (AvgIpc) is 3.11. The molecular weight excluding hydrogens is 329 g/mol. The first-order valence-electron chi connectivity index (χ1n) is 7.19. The van der Waals surface area contributed by atoms with Gasteiger partial charge in [-0.15, -0.1) is 15.3 Å².